The first-order valence-electron chi connectivity index (χ1n) is 35.3. The number of H-pyrrole nitrogens is 3. The van der Waals surface area contributed by atoms with Crippen LogP contribution in [-0.4, -0.2) is 183 Å². The maximum atomic E-state index is 12.3. The summed E-state index contributed by atoms with van der Waals surface area (Å²) in [5, 5.41) is 12.1. The molecule has 5 fully saturated rings. The molecular weight excluding hydrogens is 1430 g/mol. The normalized spacial score (nSPS) is 26.1. The smallest absolute Gasteiger partial charge is 0.212 e. The Morgan fingerprint density at radius 2 is 0.816 bits per heavy atom. The van der Waals surface area contributed by atoms with Crippen molar-refractivity contribution < 1.29 is 30.4 Å². The second-order valence-corrected chi connectivity index (χ2v) is 35.9. The van der Waals surface area contributed by atoms with Crippen molar-refractivity contribution in [2.75, 3.05) is 40.1 Å². The van der Waals surface area contributed by atoms with E-state index in [1.54, 1.807) is 38.8 Å². The molecule has 0 spiro atoms. The van der Waals surface area contributed by atoms with Crippen molar-refractivity contribution in [1.29, 1.82) is 0 Å². The molecule has 18 rings (SSSR count). The van der Waals surface area contributed by atoms with E-state index in [9.17, 15) is 25.3 Å². The van der Waals surface area contributed by atoms with Gasteiger partial charge >= 0.3 is 0 Å². The number of aliphatic hydroxyl groups excluding tert-OH is 1. The molecule has 11 atom stereocenters. The maximum absolute atomic E-state index is 12.3. The Bertz CT molecular complexity index is 4870. The van der Waals surface area contributed by atoms with E-state index in [2.05, 4.69) is 86.4 Å². The molecule has 9 aromatic heterocycles. The van der Waals surface area contributed by atoms with Crippen LogP contribution >= 0.6 is 34.8 Å². The highest BCUT2D eigenvalue weighted by Gasteiger charge is 2.49. The monoisotopic (exact) mass is 1520 g/mol. The molecule has 4 unspecified atom stereocenters. The van der Waals surface area contributed by atoms with Crippen LogP contribution in [0.1, 0.15) is 168 Å². The summed E-state index contributed by atoms with van der Waals surface area (Å²) in [5.74, 6) is 0.502. The maximum Gasteiger partial charge on any atom is 0.212 e. The van der Waals surface area contributed by atoms with Gasteiger partial charge in [-0.05, 0) is 140 Å². The number of piperidine rings is 2. The van der Waals surface area contributed by atoms with E-state index in [1.807, 2.05) is 55.0 Å². The van der Waals surface area contributed by atoms with Crippen molar-refractivity contribution in [1.82, 2.24) is 72.7 Å². The number of anilines is 3. The fraction of sp³-hybridized carbons (Fsp3) is 0.514. The zero-order valence-corrected chi connectivity index (χ0v) is 62.8. The van der Waals surface area contributed by atoms with Gasteiger partial charge in [0, 0.05) is 163 Å². The molecule has 0 aromatic carbocycles. The molecule has 6 bridgehead atoms. The number of sulfonamides is 3. The van der Waals surface area contributed by atoms with Crippen LogP contribution in [0.25, 0.3) is 38.7 Å². The van der Waals surface area contributed by atoms with Crippen LogP contribution in [0.3, 0.4) is 0 Å². The third kappa shape index (κ3) is 14.0. The number of hydrogen-bond acceptors (Lipinski definition) is 19. The molecule has 548 valence electrons. The van der Waals surface area contributed by atoms with Crippen LogP contribution in [0.5, 0.6) is 0 Å². The Morgan fingerprint density at radius 3 is 1.17 bits per heavy atom. The molecule has 5 saturated heterocycles. The molecule has 103 heavy (non-hydrogen) atoms. The highest BCUT2D eigenvalue weighted by molar-refractivity contribution is 7.89. The van der Waals surface area contributed by atoms with Crippen LogP contribution in [0.15, 0.2) is 80.0 Å². The molecule has 0 amide bonds. The predicted molar refractivity (Wildman–Crippen MR) is 404 cm³/mol. The van der Waals surface area contributed by atoms with Crippen molar-refractivity contribution >= 4 is 121 Å². The molecule has 0 radical (unpaired) electrons. The number of rotatable bonds is 9. The van der Waals surface area contributed by atoms with Gasteiger partial charge < -0.3 is 34.8 Å². The fourth-order valence-corrected chi connectivity index (χ4v) is 23.4. The number of nitrogens with zero attached hydrogens (tertiary/aromatic N) is 15. The van der Waals surface area contributed by atoms with Crippen LogP contribution in [0.2, 0.25) is 15.5 Å². The molecule has 9 aliphatic heterocycles. The minimum Gasteiger partial charge on any atom is -0.397 e. The molecule has 9 aliphatic rings. The highest BCUT2D eigenvalue weighted by atomic mass is 35.5. The zero-order chi connectivity index (χ0) is 71.4. The van der Waals surface area contributed by atoms with Crippen molar-refractivity contribution in [3.63, 3.8) is 0 Å². The first kappa shape index (κ1) is 72.9. The van der Waals surface area contributed by atoms with Crippen molar-refractivity contribution in [2.24, 2.45) is 0 Å². The predicted octanol–water partition coefficient (Wildman–Crippen LogP) is 11.4. The zero-order valence-electron chi connectivity index (χ0n) is 58.0. The lowest BCUT2D eigenvalue weighted by molar-refractivity contribution is 0.224. The van der Waals surface area contributed by atoms with Crippen LogP contribution in [0.4, 0.5) is 17.1 Å². The minimum atomic E-state index is -3.23. The molecule has 0 aliphatic carbocycles. The van der Waals surface area contributed by atoms with E-state index in [0.717, 1.165) is 179 Å². The summed E-state index contributed by atoms with van der Waals surface area (Å²) >= 11 is 19.1. The fourth-order valence-electron chi connectivity index (χ4n) is 18.5. The minimum absolute atomic E-state index is 0. The largest absolute Gasteiger partial charge is 0.397 e. The van der Waals surface area contributed by atoms with E-state index in [0.29, 0.717) is 41.5 Å². The summed E-state index contributed by atoms with van der Waals surface area (Å²) in [4.78, 5) is 58.0. The number of pyridine rings is 3. The van der Waals surface area contributed by atoms with E-state index in [1.165, 1.54) is 29.9 Å². The number of fused-ring (bicyclic) bond motifs is 12. The van der Waals surface area contributed by atoms with Gasteiger partial charge in [0.1, 0.15) is 51.4 Å². The summed E-state index contributed by atoms with van der Waals surface area (Å²) < 4.78 is 79.2. The molecule has 25 nitrogen and oxygen atoms in total. The molecule has 9 aromatic rings. The molecule has 0 saturated carbocycles. The van der Waals surface area contributed by atoms with Crippen molar-refractivity contribution in [3.8, 4) is 0 Å². The van der Waals surface area contributed by atoms with Crippen LogP contribution in [0, 0.1) is 0 Å². The topological polar surface area (TPSA) is 305 Å². The molecule has 4 N–H and O–H groups in total. The Balaban J connectivity index is 0.000000127. The average molecular weight is 1520 g/mol. The molecule has 18 heterocycles. The number of hydrogen-bond donors (Lipinski definition) is 4. The number of nitrogens with one attached hydrogen (secondary N) is 3. The van der Waals surface area contributed by atoms with Crippen LogP contribution in [-0.2, 0) is 69.0 Å². The summed E-state index contributed by atoms with van der Waals surface area (Å²) in [5.41, 5.74) is 16.5. The van der Waals surface area contributed by atoms with Gasteiger partial charge in [-0.15, -0.1) is 0 Å². The van der Waals surface area contributed by atoms with E-state index in [4.69, 9.17) is 54.9 Å². The number of aromatic nitrogens is 12. The van der Waals surface area contributed by atoms with Gasteiger partial charge in [-0.2, -0.15) is 12.9 Å². The Hall–Kier alpha value is -6.99. The number of aliphatic hydroxyl groups is 1. The first-order chi connectivity index (χ1) is 48.8. The van der Waals surface area contributed by atoms with Crippen molar-refractivity contribution in [3.05, 3.63) is 146 Å². The Labute approximate surface area is 616 Å². The highest BCUT2D eigenvalue weighted by Crippen LogP contribution is 2.49. The van der Waals surface area contributed by atoms with Crippen molar-refractivity contribution in [2.45, 2.75) is 211 Å². The second-order valence-electron chi connectivity index (χ2n) is 29.1. The van der Waals surface area contributed by atoms with Gasteiger partial charge in [0.05, 0.1) is 70.0 Å². The third-order valence-electron chi connectivity index (χ3n) is 22.5. The summed E-state index contributed by atoms with van der Waals surface area (Å²) in [6.07, 6.45) is 28.7. The quantitative estimate of drug-likeness (QED) is 0.0976. The second kappa shape index (κ2) is 28.7. The third-order valence-corrected chi connectivity index (χ3v) is 27.1. The lowest BCUT2D eigenvalue weighted by Gasteiger charge is -2.40. The Kier molecular flexibility index (Phi) is 20.3. The Morgan fingerprint density at radius 1 is 0.476 bits per heavy atom. The molecular formula is C72H89Cl3N18O7S3. The number of halogens is 3. The standard InChI is InChI=1S/2C23H27ClN6O2S.C23H25ClN6O2S.C2H6O.CH4/c3*1-13-7-19-18(11-29(13)20-10-21(24)28-23-17(20)5-6-25-23)22(27-12-26-19)14-8-15-3-4-16(9-14)30(15)33(2,31)32;1-2-3;/h2*5-6,10,12-16H,3-4,7-9,11H2,1-2H3,(H,25,28);5-6,8,10,12-13,15-16H,3-4,7,9,11H2,1-2H3,(H,25,28);3H,2H2,1H3;1H4/t2*13-,14?,15-,16+;13-,15?,16?;;/m111../s1. The lowest BCUT2D eigenvalue weighted by Crippen LogP contribution is -2.46. The van der Waals surface area contributed by atoms with Crippen LogP contribution < -0.4 is 14.7 Å². The van der Waals surface area contributed by atoms with Gasteiger partial charge in [-0.25, -0.2) is 70.1 Å². The number of aromatic amines is 3. The SMILES string of the molecule is C.CCO.C[C@@H]1Cc2ncnc(C3=CC4CCC(C3)N4S(C)(=O)=O)c2CN1c1cc(Cl)nc2[nH]ccc12.C[C@@H]1Cc2ncnc(C3C[C@H]4CC[C@@H](C3)N4S(C)(=O)=O)c2CN1c1cc(Cl)nc2[nH]ccc12.C[C@@H]1Cc2ncnc(C3C[C@H]4CC[C@@H](C3)N4S(C)(=O)=O)c2CN1c1cc(Cl)nc2[nH]ccc12. The van der Waals surface area contributed by atoms with E-state index < -0.39 is 30.1 Å². The summed E-state index contributed by atoms with van der Waals surface area (Å²) in [6.45, 7) is 10.6. The lowest BCUT2D eigenvalue weighted by atomic mass is 9.85. The van der Waals surface area contributed by atoms with Gasteiger partial charge in [-0.3, -0.25) is 0 Å². The van der Waals surface area contributed by atoms with Gasteiger partial charge in [-0.1, -0.05) is 48.3 Å². The average Bonchev–Trinajstić information content (AvgIpc) is 1.75. The first-order valence-corrected chi connectivity index (χ1v) is 41.9. The summed E-state index contributed by atoms with van der Waals surface area (Å²) in [6, 6.07) is 12.9. The summed E-state index contributed by atoms with van der Waals surface area (Å²) in [7, 11) is -9.60. The van der Waals surface area contributed by atoms with E-state index >= 15 is 0 Å². The van der Waals surface area contributed by atoms with E-state index in [-0.39, 0.29) is 80.2 Å². The van der Waals surface area contributed by atoms with Gasteiger partial charge in [0.2, 0.25) is 30.1 Å². The van der Waals surface area contributed by atoms with Gasteiger partial charge in [0.25, 0.3) is 0 Å². The van der Waals surface area contributed by atoms with Gasteiger partial charge in [0.15, 0.2) is 0 Å². The molecule has 31 heteroatoms.